The molecule has 4 heteroatoms. The van der Waals surface area contributed by atoms with E-state index in [9.17, 15) is 13.6 Å². The number of benzene rings is 1. The minimum Gasteiger partial charge on any atom is -0.371 e. The highest BCUT2D eigenvalue weighted by Gasteiger charge is 2.07. The molecule has 88 valence electrons. The summed E-state index contributed by atoms with van der Waals surface area (Å²) in [5, 5.41) is 0. The highest BCUT2D eigenvalue weighted by Crippen LogP contribution is 2.09. The third kappa shape index (κ3) is 4.49. The van der Waals surface area contributed by atoms with E-state index < -0.39 is 11.6 Å². The van der Waals surface area contributed by atoms with Crippen molar-refractivity contribution in [3.8, 4) is 0 Å². The van der Waals surface area contributed by atoms with Gasteiger partial charge in [-0.1, -0.05) is 0 Å². The molecule has 0 bridgehead atoms. The van der Waals surface area contributed by atoms with Crippen molar-refractivity contribution in [2.75, 3.05) is 6.61 Å². The van der Waals surface area contributed by atoms with Gasteiger partial charge in [0.25, 0.3) is 0 Å². The molecular formula is C12H14F2O2. The van der Waals surface area contributed by atoms with Crippen molar-refractivity contribution in [1.29, 1.82) is 0 Å². The highest BCUT2D eigenvalue weighted by molar-refractivity contribution is 5.82. The highest BCUT2D eigenvalue weighted by atomic mass is 19.1. The van der Waals surface area contributed by atoms with Crippen LogP contribution >= 0.6 is 0 Å². The fourth-order valence-electron chi connectivity index (χ4n) is 1.25. The minimum atomic E-state index is -0.674. The van der Waals surface area contributed by atoms with E-state index in [4.69, 9.17) is 4.74 Å². The second kappa shape index (κ2) is 5.70. The van der Waals surface area contributed by atoms with Crippen molar-refractivity contribution in [3.63, 3.8) is 0 Å². The first-order chi connectivity index (χ1) is 7.47. The van der Waals surface area contributed by atoms with E-state index in [2.05, 4.69) is 0 Å². The van der Waals surface area contributed by atoms with Gasteiger partial charge in [-0.2, -0.15) is 0 Å². The Morgan fingerprint density at radius 3 is 2.31 bits per heavy atom. The van der Waals surface area contributed by atoms with E-state index in [0.29, 0.717) is 5.56 Å². The molecule has 0 atom stereocenters. The first-order valence-corrected chi connectivity index (χ1v) is 5.05. The molecule has 1 rings (SSSR count). The van der Waals surface area contributed by atoms with Gasteiger partial charge in [-0.15, -0.1) is 0 Å². The van der Waals surface area contributed by atoms with Gasteiger partial charge in [-0.05, 0) is 31.5 Å². The Bertz CT molecular complexity index is 355. The van der Waals surface area contributed by atoms with Crippen LogP contribution in [0.5, 0.6) is 0 Å². The fourth-order valence-corrected chi connectivity index (χ4v) is 1.25. The van der Waals surface area contributed by atoms with E-state index in [0.717, 1.165) is 18.2 Å². The molecule has 1 aromatic rings. The van der Waals surface area contributed by atoms with Crippen LogP contribution in [0.4, 0.5) is 8.78 Å². The van der Waals surface area contributed by atoms with Crippen LogP contribution in [0, 0.1) is 11.6 Å². The lowest BCUT2D eigenvalue weighted by atomic mass is 10.1. The van der Waals surface area contributed by atoms with Crippen molar-refractivity contribution < 1.29 is 18.3 Å². The maximum Gasteiger partial charge on any atom is 0.162 e. The molecule has 0 saturated carbocycles. The van der Waals surface area contributed by atoms with Gasteiger partial charge in [-0.25, -0.2) is 8.78 Å². The molecule has 0 aromatic heterocycles. The van der Waals surface area contributed by atoms with Crippen molar-refractivity contribution >= 4 is 5.78 Å². The molecule has 1 aromatic carbocycles. The number of ether oxygens (including phenoxy) is 1. The molecule has 0 radical (unpaired) electrons. The number of rotatable bonds is 5. The molecule has 0 aliphatic rings. The van der Waals surface area contributed by atoms with Gasteiger partial charge < -0.3 is 4.74 Å². The molecule has 2 nitrogen and oxygen atoms in total. The van der Waals surface area contributed by atoms with Gasteiger partial charge in [0.1, 0.15) is 18.2 Å². The monoisotopic (exact) mass is 228 g/mol. The second-order valence-corrected chi connectivity index (χ2v) is 3.85. The summed E-state index contributed by atoms with van der Waals surface area (Å²) in [6, 6.07) is 3.07. The zero-order valence-corrected chi connectivity index (χ0v) is 9.30. The Labute approximate surface area is 93.2 Å². The Balaban J connectivity index is 2.56. The number of halogens is 2. The van der Waals surface area contributed by atoms with Crippen LogP contribution in [-0.2, 0) is 16.0 Å². The lowest BCUT2D eigenvalue weighted by molar-refractivity contribution is -0.124. The van der Waals surface area contributed by atoms with Gasteiger partial charge >= 0.3 is 0 Å². The first-order valence-electron chi connectivity index (χ1n) is 5.05. The molecule has 0 aliphatic carbocycles. The first kappa shape index (κ1) is 12.8. The van der Waals surface area contributed by atoms with E-state index in [1.54, 1.807) is 0 Å². The smallest absolute Gasteiger partial charge is 0.162 e. The summed E-state index contributed by atoms with van der Waals surface area (Å²) in [6.45, 7) is 3.60. The number of Topliss-reactive ketones (excluding diaryl/α,β-unsaturated/α-hetero) is 1. The number of ketones is 1. The molecule has 0 saturated heterocycles. The fraction of sp³-hybridized carbons (Fsp3) is 0.417. The standard InChI is InChI=1S/C12H14F2O2/c1-8(2)16-7-12(15)5-9-3-10(13)6-11(14)4-9/h3-4,6,8H,5,7H2,1-2H3. The summed E-state index contributed by atoms with van der Waals surface area (Å²) in [4.78, 5) is 11.4. The Hall–Kier alpha value is -1.29. The van der Waals surface area contributed by atoms with Gasteiger partial charge in [0.2, 0.25) is 0 Å². The molecule has 0 aliphatic heterocycles. The Morgan fingerprint density at radius 1 is 1.25 bits per heavy atom. The van der Waals surface area contributed by atoms with Gasteiger partial charge in [0, 0.05) is 12.5 Å². The lowest BCUT2D eigenvalue weighted by Gasteiger charge is -2.06. The number of hydrogen-bond acceptors (Lipinski definition) is 2. The van der Waals surface area contributed by atoms with Crippen molar-refractivity contribution in [1.82, 2.24) is 0 Å². The van der Waals surface area contributed by atoms with Gasteiger partial charge in [0.15, 0.2) is 5.78 Å². The summed E-state index contributed by atoms with van der Waals surface area (Å²) in [5.41, 5.74) is 0.329. The SMILES string of the molecule is CC(C)OCC(=O)Cc1cc(F)cc(F)c1. The maximum atomic E-state index is 12.8. The maximum absolute atomic E-state index is 12.8. The van der Waals surface area contributed by atoms with E-state index in [1.165, 1.54) is 0 Å². The topological polar surface area (TPSA) is 26.3 Å². The van der Waals surface area contributed by atoms with Crippen LogP contribution in [0.15, 0.2) is 18.2 Å². The summed E-state index contributed by atoms with van der Waals surface area (Å²) >= 11 is 0. The van der Waals surface area contributed by atoms with Crippen LogP contribution in [0.3, 0.4) is 0 Å². The van der Waals surface area contributed by atoms with Crippen LogP contribution in [-0.4, -0.2) is 18.5 Å². The third-order valence-corrected chi connectivity index (χ3v) is 1.90. The Morgan fingerprint density at radius 2 is 1.81 bits per heavy atom. The van der Waals surface area contributed by atoms with Gasteiger partial charge in [-0.3, -0.25) is 4.79 Å². The van der Waals surface area contributed by atoms with Crippen molar-refractivity contribution in [2.24, 2.45) is 0 Å². The number of hydrogen-bond donors (Lipinski definition) is 0. The summed E-state index contributed by atoms with van der Waals surface area (Å²) < 4.78 is 30.7. The van der Waals surface area contributed by atoms with E-state index in [1.807, 2.05) is 13.8 Å². The molecule has 0 spiro atoms. The second-order valence-electron chi connectivity index (χ2n) is 3.85. The molecule has 0 unspecified atom stereocenters. The summed E-state index contributed by atoms with van der Waals surface area (Å²) in [7, 11) is 0. The lowest BCUT2D eigenvalue weighted by Crippen LogP contribution is -2.15. The van der Waals surface area contributed by atoms with Crippen molar-refractivity contribution in [3.05, 3.63) is 35.4 Å². The average molecular weight is 228 g/mol. The average Bonchev–Trinajstić information content (AvgIpc) is 2.12. The van der Waals surface area contributed by atoms with Gasteiger partial charge in [0.05, 0.1) is 6.10 Å². The number of carbonyl (C=O) groups excluding carboxylic acids is 1. The quantitative estimate of drug-likeness (QED) is 0.774. The molecule has 0 amide bonds. The predicted octanol–water partition coefficient (Wildman–Crippen LogP) is 2.50. The molecule has 0 fully saturated rings. The zero-order valence-electron chi connectivity index (χ0n) is 9.30. The summed E-state index contributed by atoms with van der Waals surface area (Å²) in [5.74, 6) is -1.54. The largest absolute Gasteiger partial charge is 0.371 e. The zero-order chi connectivity index (χ0) is 12.1. The molecule has 16 heavy (non-hydrogen) atoms. The number of carbonyl (C=O) groups is 1. The van der Waals surface area contributed by atoms with E-state index in [-0.39, 0.29) is 24.9 Å². The predicted molar refractivity (Wildman–Crippen MR) is 56.2 cm³/mol. The Kier molecular flexibility index (Phi) is 4.55. The third-order valence-electron chi connectivity index (χ3n) is 1.90. The van der Waals surface area contributed by atoms with Crippen LogP contribution in [0.25, 0.3) is 0 Å². The van der Waals surface area contributed by atoms with Crippen LogP contribution in [0.1, 0.15) is 19.4 Å². The minimum absolute atomic E-state index is 0.0125. The van der Waals surface area contributed by atoms with Crippen molar-refractivity contribution in [2.45, 2.75) is 26.4 Å². The molecular weight excluding hydrogens is 214 g/mol. The normalized spacial score (nSPS) is 10.8. The molecule has 0 N–H and O–H groups in total. The molecule has 0 heterocycles. The summed E-state index contributed by atoms with van der Waals surface area (Å²) in [6.07, 6.45) is -0.0466. The van der Waals surface area contributed by atoms with E-state index >= 15 is 0 Å². The van der Waals surface area contributed by atoms with Crippen LogP contribution < -0.4 is 0 Å². The van der Waals surface area contributed by atoms with Crippen LogP contribution in [0.2, 0.25) is 0 Å².